The van der Waals surface area contributed by atoms with Crippen LogP contribution in [0.4, 0.5) is 5.82 Å². The second-order valence-electron chi connectivity index (χ2n) is 6.12. The van der Waals surface area contributed by atoms with Gasteiger partial charge in [0, 0.05) is 11.3 Å². The van der Waals surface area contributed by atoms with E-state index in [-0.39, 0.29) is 11.2 Å². The number of aromatic nitrogens is 2. The lowest BCUT2D eigenvalue weighted by Crippen LogP contribution is -2.12. The number of rotatable bonds is 4. The Hall–Kier alpha value is -1.95. The molecule has 0 fully saturated rings. The van der Waals surface area contributed by atoms with Gasteiger partial charge < -0.3 is 10.1 Å². The Labute approximate surface area is 140 Å². The van der Waals surface area contributed by atoms with E-state index in [1.807, 2.05) is 19.1 Å². The van der Waals surface area contributed by atoms with Crippen LogP contribution in [0.25, 0.3) is 0 Å². The lowest BCUT2D eigenvalue weighted by atomic mass is 10.0. The molecule has 0 unspecified atom stereocenters. The number of benzene rings is 1. The quantitative estimate of drug-likeness (QED) is 0.899. The Bertz CT molecular complexity index is 694. The highest BCUT2D eigenvalue weighted by Crippen LogP contribution is 2.42. The zero-order chi connectivity index (χ0) is 16.4. The first-order chi connectivity index (χ1) is 11.0. The number of nitrogens with zero attached hydrogens (tertiary/aromatic N) is 1. The maximum Gasteiger partial charge on any atom is 0.235 e. The zero-order valence-corrected chi connectivity index (χ0v) is 14.4. The molecule has 1 aromatic carbocycles. The van der Waals surface area contributed by atoms with Gasteiger partial charge in [0.2, 0.25) is 5.91 Å². The van der Waals surface area contributed by atoms with Gasteiger partial charge in [0.25, 0.3) is 0 Å². The van der Waals surface area contributed by atoms with E-state index in [0.29, 0.717) is 24.1 Å². The van der Waals surface area contributed by atoms with Crippen molar-refractivity contribution in [1.82, 2.24) is 10.2 Å². The number of thioether (sulfide) groups is 1. The van der Waals surface area contributed by atoms with Crippen LogP contribution in [0.3, 0.4) is 0 Å². The summed E-state index contributed by atoms with van der Waals surface area (Å²) in [4.78, 5) is 11.8. The Morgan fingerprint density at radius 2 is 2.09 bits per heavy atom. The van der Waals surface area contributed by atoms with Crippen molar-refractivity contribution < 1.29 is 9.53 Å². The normalized spacial score (nSPS) is 17.6. The minimum Gasteiger partial charge on any atom is -0.493 e. The van der Waals surface area contributed by atoms with Gasteiger partial charge >= 0.3 is 0 Å². The summed E-state index contributed by atoms with van der Waals surface area (Å²) in [5.74, 6) is 2.43. The van der Waals surface area contributed by atoms with Crippen molar-refractivity contribution in [2.75, 3.05) is 17.7 Å². The van der Waals surface area contributed by atoms with Crippen LogP contribution in [-0.4, -0.2) is 28.5 Å². The molecule has 2 heterocycles. The van der Waals surface area contributed by atoms with Crippen molar-refractivity contribution in [1.29, 1.82) is 0 Å². The molecular weight excluding hydrogens is 310 g/mol. The Kier molecular flexibility index (Phi) is 4.61. The molecule has 5 nitrogen and oxygen atoms in total. The van der Waals surface area contributed by atoms with Crippen molar-refractivity contribution in [2.45, 2.75) is 26.0 Å². The summed E-state index contributed by atoms with van der Waals surface area (Å²) in [7, 11) is 0. The molecule has 2 N–H and O–H groups in total. The molecule has 2 aromatic rings. The lowest BCUT2D eigenvalue weighted by Gasteiger charge is -2.16. The zero-order valence-electron chi connectivity index (χ0n) is 13.6. The summed E-state index contributed by atoms with van der Waals surface area (Å²) >= 11 is 1.62. The number of hydrogen-bond acceptors (Lipinski definition) is 4. The minimum atomic E-state index is -0.0119. The average Bonchev–Trinajstić information content (AvgIpc) is 2.78. The molecule has 0 radical (unpaired) electrons. The van der Waals surface area contributed by atoms with Crippen molar-refractivity contribution in [3.63, 3.8) is 0 Å². The molecular formula is C17H21N3O2S. The largest absolute Gasteiger partial charge is 0.493 e. The molecule has 23 heavy (non-hydrogen) atoms. The fourth-order valence-electron chi connectivity index (χ4n) is 2.53. The summed E-state index contributed by atoms with van der Waals surface area (Å²) in [6.07, 6.45) is 0. The first-order valence-corrected chi connectivity index (χ1v) is 8.78. The van der Waals surface area contributed by atoms with Crippen LogP contribution in [0.1, 0.15) is 35.9 Å². The second kappa shape index (κ2) is 6.66. The van der Waals surface area contributed by atoms with Gasteiger partial charge in [-0.05, 0) is 30.5 Å². The standard InChI is InChI=1S/C17H21N3O2S/c1-10(2)8-22-13-6-4-12(5-7-13)16-15-11(3)19-20-17(15)18-14(21)9-23-16/h4-7,10,16H,8-9H2,1-3H3,(H2,18,19,20,21)/t16-/m0/s1. The van der Waals surface area contributed by atoms with E-state index in [1.54, 1.807) is 11.8 Å². The van der Waals surface area contributed by atoms with Gasteiger partial charge in [0.05, 0.1) is 17.6 Å². The number of H-pyrrole nitrogens is 1. The van der Waals surface area contributed by atoms with E-state index in [4.69, 9.17) is 4.74 Å². The SMILES string of the molecule is Cc1[nH]nc2c1[C@H](c1ccc(OCC(C)C)cc1)SCC(=O)N2. The molecule has 1 aliphatic rings. The number of carbonyl (C=O) groups excluding carboxylic acids is 1. The van der Waals surface area contributed by atoms with E-state index in [9.17, 15) is 4.79 Å². The Morgan fingerprint density at radius 3 is 2.78 bits per heavy atom. The van der Waals surface area contributed by atoms with Crippen molar-refractivity contribution in [3.8, 4) is 5.75 Å². The molecule has 122 valence electrons. The molecule has 1 aromatic heterocycles. The number of ether oxygens (including phenoxy) is 1. The number of hydrogen-bond donors (Lipinski definition) is 2. The van der Waals surface area contributed by atoms with E-state index in [1.165, 1.54) is 0 Å². The number of carbonyl (C=O) groups is 1. The number of anilines is 1. The molecule has 0 saturated heterocycles. The van der Waals surface area contributed by atoms with Crippen LogP contribution in [0.15, 0.2) is 24.3 Å². The third kappa shape index (κ3) is 3.52. The van der Waals surface area contributed by atoms with E-state index in [0.717, 1.165) is 22.6 Å². The monoisotopic (exact) mass is 331 g/mol. The first kappa shape index (κ1) is 15.9. The predicted molar refractivity (Wildman–Crippen MR) is 93.0 cm³/mol. The highest BCUT2D eigenvalue weighted by Gasteiger charge is 2.28. The average molecular weight is 331 g/mol. The molecule has 0 spiro atoms. The summed E-state index contributed by atoms with van der Waals surface area (Å²) in [6, 6.07) is 8.12. The summed E-state index contributed by atoms with van der Waals surface area (Å²) in [5, 5.41) is 10.1. The highest BCUT2D eigenvalue weighted by atomic mass is 32.2. The summed E-state index contributed by atoms with van der Waals surface area (Å²) in [6.45, 7) is 6.95. The number of aromatic amines is 1. The maximum absolute atomic E-state index is 11.8. The molecule has 1 atom stereocenters. The molecule has 0 saturated carbocycles. The smallest absolute Gasteiger partial charge is 0.235 e. The van der Waals surface area contributed by atoms with Crippen LogP contribution >= 0.6 is 11.8 Å². The molecule has 0 bridgehead atoms. The fraction of sp³-hybridized carbons (Fsp3) is 0.412. The Balaban J connectivity index is 1.86. The van der Waals surface area contributed by atoms with Crippen LogP contribution in [0.5, 0.6) is 5.75 Å². The van der Waals surface area contributed by atoms with E-state index in [2.05, 4.69) is 41.5 Å². The van der Waals surface area contributed by atoms with E-state index < -0.39 is 0 Å². The number of nitrogens with one attached hydrogen (secondary N) is 2. The van der Waals surface area contributed by atoms with Gasteiger partial charge in [-0.2, -0.15) is 5.10 Å². The minimum absolute atomic E-state index is 0.0119. The van der Waals surface area contributed by atoms with Crippen molar-refractivity contribution in [2.24, 2.45) is 5.92 Å². The number of fused-ring (bicyclic) bond motifs is 1. The van der Waals surface area contributed by atoms with Gasteiger partial charge in [-0.15, -0.1) is 11.8 Å². The molecule has 3 rings (SSSR count). The van der Waals surface area contributed by atoms with Gasteiger partial charge in [-0.1, -0.05) is 26.0 Å². The fourth-order valence-corrected chi connectivity index (χ4v) is 3.72. The van der Waals surface area contributed by atoms with Crippen LogP contribution in [-0.2, 0) is 4.79 Å². The number of aryl methyl sites for hydroxylation is 1. The molecule has 1 amide bonds. The van der Waals surface area contributed by atoms with E-state index >= 15 is 0 Å². The second-order valence-corrected chi connectivity index (χ2v) is 7.22. The van der Waals surface area contributed by atoms with Crippen molar-refractivity contribution >= 4 is 23.5 Å². The molecule has 0 aliphatic carbocycles. The van der Waals surface area contributed by atoms with Crippen LogP contribution < -0.4 is 10.1 Å². The lowest BCUT2D eigenvalue weighted by molar-refractivity contribution is -0.113. The van der Waals surface area contributed by atoms with Gasteiger partial charge in [-0.3, -0.25) is 9.89 Å². The third-order valence-electron chi connectivity index (χ3n) is 3.66. The Morgan fingerprint density at radius 1 is 1.35 bits per heavy atom. The third-order valence-corrected chi connectivity index (χ3v) is 4.93. The topological polar surface area (TPSA) is 67.0 Å². The summed E-state index contributed by atoms with van der Waals surface area (Å²) < 4.78 is 5.74. The number of amides is 1. The van der Waals surface area contributed by atoms with Gasteiger partial charge in [0.1, 0.15) is 5.75 Å². The van der Waals surface area contributed by atoms with Crippen molar-refractivity contribution in [3.05, 3.63) is 41.1 Å². The summed E-state index contributed by atoms with van der Waals surface area (Å²) in [5.41, 5.74) is 3.19. The van der Waals surface area contributed by atoms with Crippen LogP contribution in [0, 0.1) is 12.8 Å². The molecule has 1 aliphatic heterocycles. The highest BCUT2D eigenvalue weighted by molar-refractivity contribution is 8.00. The maximum atomic E-state index is 11.8. The van der Waals surface area contributed by atoms with Gasteiger partial charge in [-0.25, -0.2) is 0 Å². The van der Waals surface area contributed by atoms with Gasteiger partial charge in [0.15, 0.2) is 5.82 Å². The molecule has 6 heteroatoms. The van der Waals surface area contributed by atoms with Crippen LogP contribution in [0.2, 0.25) is 0 Å². The predicted octanol–water partition coefficient (Wildman–Crippen LogP) is 3.53. The first-order valence-electron chi connectivity index (χ1n) is 7.73.